The van der Waals surface area contributed by atoms with Gasteiger partial charge in [0.2, 0.25) is 0 Å². The molecule has 0 unspecified atom stereocenters. The van der Waals surface area contributed by atoms with Crippen molar-refractivity contribution in [3.8, 4) is 11.8 Å². The monoisotopic (exact) mass is 406 g/mol. The molecule has 3 heterocycles. The van der Waals surface area contributed by atoms with Crippen molar-refractivity contribution in [3.05, 3.63) is 36.5 Å². The van der Waals surface area contributed by atoms with Crippen molar-refractivity contribution in [2.45, 2.75) is 38.8 Å². The molecule has 0 N–H and O–H groups in total. The Morgan fingerprint density at radius 1 is 1.00 bits per heavy atom. The van der Waals surface area contributed by atoms with Crippen LogP contribution in [0, 0.1) is 11.8 Å². The average Bonchev–Trinajstić information content (AvgIpc) is 2.79. The van der Waals surface area contributed by atoms with Gasteiger partial charge in [-0.15, -0.1) is 0 Å². The molecule has 4 rings (SSSR count). The average molecular weight is 407 g/mol. The standard InChI is InChI=1S/C25H34N4O/c1-21(2)28-18-16-27(17-19-28)13-5-6-20-30-22-10-14-29(15-11-22)25-9-12-26-24-8-4-3-7-23(24)25/h3-4,7-9,12,21-22H,10-11,13-20H2,1-2H3. The molecule has 2 saturated heterocycles. The Bertz CT molecular complexity index is 866. The zero-order valence-electron chi connectivity index (χ0n) is 18.4. The minimum atomic E-state index is 0.318. The van der Waals surface area contributed by atoms with Crippen LogP contribution in [0.4, 0.5) is 5.69 Å². The molecule has 2 aromatic rings. The number of nitrogens with zero attached hydrogens (tertiary/aromatic N) is 4. The van der Waals surface area contributed by atoms with Gasteiger partial charge in [0.1, 0.15) is 6.61 Å². The lowest BCUT2D eigenvalue weighted by Gasteiger charge is -2.36. The molecule has 1 aromatic heterocycles. The first kappa shape index (κ1) is 21.1. The van der Waals surface area contributed by atoms with E-state index in [1.807, 2.05) is 12.3 Å². The van der Waals surface area contributed by atoms with E-state index in [0.717, 1.165) is 64.2 Å². The normalized spacial score (nSPS) is 19.2. The molecule has 5 heteroatoms. The van der Waals surface area contributed by atoms with Gasteiger partial charge in [-0.05, 0) is 38.8 Å². The Kier molecular flexibility index (Phi) is 7.22. The second-order valence-corrected chi connectivity index (χ2v) is 8.60. The SMILES string of the molecule is CC(C)N1CCN(CC#CCOC2CCN(c3ccnc4ccccc34)CC2)CC1. The first-order chi connectivity index (χ1) is 14.7. The number of ether oxygens (including phenoxy) is 1. The lowest BCUT2D eigenvalue weighted by molar-refractivity contribution is 0.0594. The maximum absolute atomic E-state index is 6.05. The molecule has 2 aliphatic rings. The van der Waals surface area contributed by atoms with Crippen molar-refractivity contribution in [2.75, 3.05) is 57.3 Å². The van der Waals surface area contributed by atoms with Gasteiger partial charge >= 0.3 is 0 Å². The Morgan fingerprint density at radius 3 is 2.53 bits per heavy atom. The van der Waals surface area contributed by atoms with Crippen LogP contribution in [0.3, 0.4) is 0 Å². The number of pyridine rings is 1. The smallest absolute Gasteiger partial charge is 0.108 e. The third-order valence-electron chi connectivity index (χ3n) is 6.36. The van der Waals surface area contributed by atoms with Crippen LogP contribution in [-0.4, -0.2) is 79.3 Å². The first-order valence-corrected chi connectivity index (χ1v) is 11.3. The summed E-state index contributed by atoms with van der Waals surface area (Å²) in [6.07, 6.45) is 4.34. The van der Waals surface area contributed by atoms with Gasteiger partial charge in [0.05, 0.1) is 18.2 Å². The number of piperazine rings is 1. The van der Waals surface area contributed by atoms with Crippen molar-refractivity contribution in [3.63, 3.8) is 0 Å². The minimum Gasteiger partial charge on any atom is -0.371 e. The predicted octanol–water partition coefficient (Wildman–Crippen LogP) is 3.25. The molecular weight excluding hydrogens is 372 g/mol. The van der Waals surface area contributed by atoms with Crippen LogP contribution in [0.25, 0.3) is 10.9 Å². The maximum Gasteiger partial charge on any atom is 0.108 e. The molecule has 5 nitrogen and oxygen atoms in total. The topological polar surface area (TPSA) is 31.8 Å². The van der Waals surface area contributed by atoms with Crippen LogP contribution < -0.4 is 4.90 Å². The van der Waals surface area contributed by atoms with Gasteiger partial charge in [0.15, 0.2) is 0 Å². The van der Waals surface area contributed by atoms with Crippen LogP contribution in [0.2, 0.25) is 0 Å². The number of aromatic nitrogens is 1. The largest absolute Gasteiger partial charge is 0.371 e. The number of anilines is 1. The van der Waals surface area contributed by atoms with E-state index in [4.69, 9.17) is 4.74 Å². The Morgan fingerprint density at radius 2 is 1.77 bits per heavy atom. The van der Waals surface area contributed by atoms with Crippen molar-refractivity contribution >= 4 is 16.6 Å². The van der Waals surface area contributed by atoms with E-state index in [1.54, 1.807) is 0 Å². The second-order valence-electron chi connectivity index (χ2n) is 8.60. The molecule has 2 fully saturated rings. The van der Waals surface area contributed by atoms with E-state index < -0.39 is 0 Å². The molecule has 2 aliphatic heterocycles. The molecule has 0 saturated carbocycles. The summed E-state index contributed by atoms with van der Waals surface area (Å²) in [6.45, 7) is 12.6. The zero-order chi connectivity index (χ0) is 20.8. The number of rotatable bonds is 5. The molecule has 0 amide bonds. The summed E-state index contributed by atoms with van der Waals surface area (Å²) in [7, 11) is 0. The molecule has 1 aromatic carbocycles. The molecular formula is C25H34N4O. The number of piperidine rings is 1. The fourth-order valence-corrected chi connectivity index (χ4v) is 4.44. The highest BCUT2D eigenvalue weighted by molar-refractivity contribution is 5.91. The van der Waals surface area contributed by atoms with E-state index in [-0.39, 0.29) is 0 Å². The zero-order valence-corrected chi connectivity index (χ0v) is 18.4. The van der Waals surface area contributed by atoms with Gasteiger partial charge in [0.25, 0.3) is 0 Å². The third-order valence-corrected chi connectivity index (χ3v) is 6.36. The molecule has 0 aliphatic carbocycles. The summed E-state index contributed by atoms with van der Waals surface area (Å²) >= 11 is 0. The lowest BCUT2D eigenvalue weighted by Crippen LogP contribution is -2.48. The summed E-state index contributed by atoms with van der Waals surface area (Å²) in [5.41, 5.74) is 2.35. The predicted molar refractivity (Wildman–Crippen MR) is 124 cm³/mol. The van der Waals surface area contributed by atoms with Crippen molar-refractivity contribution < 1.29 is 4.74 Å². The van der Waals surface area contributed by atoms with E-state index in [0.29, 0.717) is 18.8 Å². The Hall–Kier alpha value is -2.13. The summed E-state index contributed by atoms with van der Waals surface area (Å²) in [4.78, 5) is 11.9. The van der Waals surface area contributed by atoms with Crippen molar-refractivity contribution in [1.29, 1.82) is 0 Å². The third kappa shape index (κ3) is 5.31. The van der Waals surface area contributed by atoms with Gasteiger partial charge in [0, 0.05) is 62.6 Å². The van der Waals surface area contributed by atoms with Gasteiger partial charge in [-0.25, -0.2) is 0 Å². The van der Waals surface area contributed by atoms with E-state index in [9.17, 15) is 0 Å². The fraction of sp³-hybridized carbons (Fsp3) is 0.560. The van der Waals surface area contributed by atoms with Crippen LogP contribution in [0.15, 0.2) is 36.5 Å². The molecule has 0 bridgehead atoms. The Balaban J connectivity index is 1.18. The highest BCUT2D eigenvalue weighted by Crippen LogP contribution is 2.28. The number of benzene rings is 1. The van der Waals surface area contributed by atoms with Gasteiger partial charge in [-0.2, -0.15) is 0 Å². The maximum atomic E-state index is 6.05. The quantitative estimate of drug-likeness (QED) is 0.712. The van der Waals surface area contributed by atoms with Crippen LogP contribution in [0.1, 0.15) is 26.7 Å². The Labute approximate surface area is 181 Å². The van der Waals surface area contributed by atoms with Crippen LogP contribution in [0.5, 0.6) is 0 Å². The fourth-order valence-electron chi connectivity index (χ4n) is 4.44. The molecule has 0 radical (unpaired) electrons. The van der Waals surface area contributed by atoms with Crippen molar-refractivity contribution in [2.24, 2.45) is 0 Å². The highest BCUT2D eigenvalue weighted by atomic mass is 16.5. The first-order valence-electron chi connectivity index (χ1n) is 11.3. The summed E-state index contributed by atoms with van der Waals surface area (Å²) < 4.78 is 6.05. The summed E-state index contributed by atoms with van der Waals surface area (Å²) in [5, 5.41) is 1.24. The van der Waals surface area contributed by atoms with Gasteiger partial charge < -0.3 is 9.64 Å². The number of para-hydroxylation sites is 1. The molecule has 0 spiro atoms. The summed E-state index contributed by atoms with van der Waals surface area (Å²) in [5.74, 6) is 6.54. The van der Waals surface area contributed by atoms with Gasteiger partial charge in [-0.1, -0.05) is 30.0 Å². The second kappa shape index (κ2) is 10.3. The van der Waals surface area contributed by atoms with E-state index in [1.165, 1.54) is 11.1 Å². The van der Waals surface area contributed by atoms with E-state index in [2.05, 4.69) is 69.6 Å². The summed E-state index contributed by atoms with van der Waals surface area (Å²) in [6, 6.07) is 11.2. The van der Waals surface area contributed by atoms with Crippen LogP contribution >= 0.6 is 0 Å². The highest BCUT2D eigenvalue weighted by Gasteiger charge is 2.21. The van der Waals surface area contributed by atoms with Crippen LogP contribution in [-0.2, 0) is 4.74 Å². The van der Waals surface area contributed by atoms with Crippen molar-refractivity contribution in [1.82, 2.24) is 14.8 Å². The molecule has 30 heavy (non-hydrogen) atoms. The number of hydrogen-bond donors (Lipinski definition) is 0. The minimum absolute atomic E-state index is 0.318. The molecule has 0 atom stereocenters. The molecule has 160 valence electrons. The van der Waals surface area contributed by atoms with Gasteiger partial charge in [-0.3, -0.25) is 14.8 Å². The lowest BCUT2D eigenvalue weighted by atomic mass is 10.1. The number of hydrogen-bond acceptors (Lipinski definition) is 5. The van der Waals surface area contributed by atoms with E-state index >= 15 is 0 Å². The number of fused-ring (bicyclic) bond motifs is 1.